The molecular weight excluding hydrogens is 408 g/mol. The number of ether oxygens (including phenoxy) is 1. The van der Waals surface area contributed by atoms with E-state index >= 15 is 0 Å². The van der Waals surface area contributed by atoms with Crippen LogP contribution in [0.25, 0.3) is 27.9 Å². The number of benzene rings is 2. The van der Waals surface area contributed by atoms with E-state index in [1.807, 2.05) is 42.5 Å². The minimum Gasteiger partial charge on any atom is -0.497 e. The number of carbonyl (C=O) groups excluding carboxylic acids is 1. The van der Waals surface area contributed by atoms with Gasteiger partial charge in [-0.25, -0.2) is 9.97 Å². The molecule has 1 amide bonds. The number of aromatic nitrogens is 4. The van der Waals surface area contributed by atoms with Gasteiger partial charge in [-0.3, -0.25) is 4.79 Å². The quantitative estimate of drug-likeness (QED) is 0.444. The van der Waals surface area contributed by atoms with Gasteiger partial charge in [-0.15, -0.1) is 5.10 Å². The van der Waals surface area contributed by atoms with Crippen LogP contribution in [0, 0.1) is 0 Å². The first-order valence-corrected chi connectivity index (χ1v) is 10.7. The lowest BCUT2D eigenvalue weighted by molar-refractivity contribution is -0.121. The summed E-state index contributed by atoms with van der Waals surface area (Å²) in [7, 11) is 1.62. The molecule has 0 spiro atoms. The zero-order valence-corrected chi connectivity index (χ0v) is 17.7. The lowest BCUT2D eigenvalue weighted by atomic mass is 10.1. The largest absolute Gasteiger partial charge is 0.497 e. The number of amides is 1. The van der Waals surface area contributed by atoms with Crippen LogP contribution in [0.1, 0.15) is 24.8 Å². The minimum atomic E-state index is -0.416. The molecule has 1 fully saturated rings. The maximum Gasteiger partial charge on any atom is 0.242 e. The van der Waals surface area contributed by atoms with Crippen molar-refractivity contribution in [2.24, 2.45) is 0 Å². The van der Waals surface area contributed by atoms with E-state index < -0.39 is 6.04 Å². The Morgan fingerprint density at radius 3 is 2.81 bits per heavy atom. The Morgan fingerprint density at radius 2 is 2.03 bits per heavy atom. The van der Waals surface area contributed by atoms with Crippen molar-refractivity contribution >= 4 is 28.4 Å². The predicted octanol–water partition coefficient (Wildman–Crippen LogP) is 2.53. The van der Waals surface area contributed by atoms with E-state index in [4.69, 9.17) is 19.8 Å². The van der Waals surface area contributed by atoms with E-state index in [1.165, 1.54) is 0 Å². The highest BCUT2D eigenvalue weighted by molar-refractivity contribution is 5.95. The van der Waals surface area contributed by atoms with Gasteiger partial charge in [0.1, 0.15) is 11.8 Å². The van der Waals surface area contributed by atoms with E-state index in [0.717, 1.165) is 29.5 Å². The number of anilines is 1. The number of aliphatic hydroxyl groups excluding tert-OH is 1. The number of methoxy groups -OCH3 is 1. The second-order valence-electron chi connectivity index (χ2n) is 7.79. The summed E-state index contributed by atoms with van der Waals surface area (Å²) in [4.78, 5) is 22.1. The van der Waals surface area contributed by atoms with Crippen molar-refractivity contribution in [1.82, 2.24) is 24.9 Å². The number of rotatable bonds is 5. The van der Waals surface area contributed by atoms with Crippen LogP contribution < -0.4 is 15.4 Å². The van der Waals surface area contributed by atoms with Crippen LogP contribution >= 0.6 is 0 Å². The fraction of sp³-hybridized carbons (Fsp3) is 0.304. The topological polar surface area (TPSA) is 114 Å². The van der Waals surface area contributed by atoms with E-state index in [1.54, 1.807) is 11.6 Å². The van der Waals surface area contributed by atoms with Crippen LogP contribution in [0.15, 0.2) is 42.5 Å². The number of para-hydroxylation sites is 1. The third kappa shape index (κ3) is 3.60. The number of fused-ring (bicyclic) bond motifs is 3. The van der Waals surface area contributed by atoms with Crippen molar-refractivity contribution < 1.29 is 14.6 Å². The second kappa shape index (κ2) is 8.43. The van der Waals surface area contributed by atoms with Gasteiger partial charge >= 0.3 is 0 Å². The molecule has 1 atom stereocenters. The summed E-state index contributed by atoms with van der Waals surface area (Å²) >= 11 is 0. The Kier molecular flexibility index (Phi) is 5.32. The molecule has 4 aromatic rings. The summed E-state index contributed by atoms with van der Waals surface area (Å²) in [5.74, 6) is 1.65. The molecule has 5 rings (SSSR count). The monoisotopic (exact) mass is 432 g/mol. The van der Waals surface area contributed by atoms with Crippen molar-refractivity contribution in [1.29, 1.82) is 0 Å². The van der Waals surface area contributed by atoms with Gasteiger partial charge in [0, 0.05) is 23.1 Å². The van der Waals surface area contributed by atoms with Crippen LogP contribution in [-0.2, 0) is 11.4 Å². The van der Waals surface area contributed by atoms with Gasteiger partial charge in [-0.2, -0.15) is 4.52 Å². The molecule has 3 heterocycles. The summed E-state index contributed by atoms with van der Waals surface area (Å²) in [6.07, 6.45) is 2.59. The van der Waals surface area contributed by atoms with Gasteiger partial charge in [-0.05, 0) is 49.6 Å². The van der Waals surface area contributed by atoms with Crippen molar-refractivity contribution in [2.75, 3.05) is 19.0 Å². The summed E-state index contributed by atoms with van der Waals surface area (Å²) in [6, 6.07) is 12.7. The number of carbonyl (C=O) groups is 1. The molecule has 1 saturated heterocycles. The Morgan fingerprint density at radius 1 is 1.19 bits per heavy atom. The van der Waals surface area contributed by atoms with Gasteiger partial charge in [0.2, 0.25) is 11.9 Å². The Hall–Kier alpha value is -3.72. The highest BCUT2D eigenvalue weighted by Gasteiger charge is 2.24. The van der Waals surface area contributed by atoms with Gasteiger partial charge in [0.15, 0.2) is 11.5 Å². The van der Waals surface area contributed by atoms with Crippen LogP contribution in [-0.4, -0.2) is 50.3 Å². The van der Waals surface area contributed by atoms with Crippen molar-refractivity contribution in [3.05, 3.63) is 48.0 Å². The number of hydrogen-bond acceptors (Lipinski definition) is 7. The maximum absolute atomic E-state index is 12.5. The van der Waals surface area contributed by atoms with E-state index in [-0.39, 0.29) is 12.5 Å². The summed E-state index contributed by atoms with van der Waals surface area (Å²) < 4.78 is 6.88. The Balaban J connectivity index is 1.67. The van der Waals surface area contributed by atoms with Gasteiger partial charge in [0.05, 0.1) is 19.2 Å². The highest BCUT2D eigenvalue weighted by atomic mass is 16.5. The lowest BCUT2D eigenvalue weighted by Crippen LogP contribution is -2.38. The van der Waals surface area contributed by atoms with Gasteiger partial charge in [-0.1, -0.05) is 12.1 Å². The maximum atomic E-state index is 12.5. The molecule has 3 N–H and O–H groups in total. The third-order valence-electron chi connectivity index (χ3n) is 5.74. The first-order valence-electron chi connectivity index (χ1n) is 10.7. The molecular formula is C23H24N6O3. The number of hydrogen-bond donors (Lipinski definition) is 3. The molecule has 2 aromatic carbocycles. The van der Waals surface area contributed by atoms with E-state index in [9.17, 15) is 9.90 Å². The molecule has 9 heteroatoms. The lowest BCUT2D eigenvalue weighted by Gasteiger charge is -2.17. The zero-order chi connectivity index (χ0) is 22.1. The van der Waals surface area contributed by atoms with E-state index in [2.05, 4.69) is 10.6 Å². The smallest absolute Gasteiger partial charge is 0.242 e. The zero-order valence-electron chi connectivity index (χ0n) is 17.7. The fourth-order valence-electron chi connectivity index (χ4n) is 4.01. The molecule has 1 aliphatic heterocycles. The molecule has 0 saturated carbocycles. The van der Waals surface area contributed by atoms with Gasteiger partial charge in [0.25, 0.3) is 0 Å². The molecule has 32 heavy (non-hydrogen) atoms. The molecule has 0 bridgehead atoms. The molecule has 0 aliphatic carbocycles. The Labute approximate surface area is 184 Å². The van der Waals surface area contributed by atoms with Gasteiger partial charge < -0.3 is 20.5 Å². The van der Waals surface area contributed by atoms with Crippen molar-refractivity contribution in [3.63, 3.8) is 0 Å². The number of nitrogens with one attached hydrogen (secondary N) is 2. The molecule has 0 radical (unpaired) electrons. The summed E-state index contributed by atoms with van der Waals surface area (Å²) in [5, 5.41) is 21.5. The first kappa shape index (κ1) is 20.2. The fourth-order valence-corrected chi connectivity index (χ4v) is 4.01. The molecule has 0 unspecified atom stereocenters. The minimum absolute atomic E-state index is 0.0523. The van der Waals surface area contributed by atoms with Crippen LogP contribution in [0.3, 0.4) is 0 Å². The average molecular weight is 432 g/mol. The molecule has 2 aromatic heterocycles. The SMILES string of the molecule is COc1ccc(-c2nc3c4cccc(CO)c4nc(N[C@@H]4CCCCNC4=O)n3n2)cc1. The summed E-state index contributed by atoms with van der Waals surface area (Å²) in [6.45, 7) is 0.528. The first-order chi connectivity index (χ1) is 15.7. The normalized spacial score (nSPS) is 16.7. The van der Waals surface area contributed by atoms with Crippen LogP contribution in [0.2, 0.25) is 0 Å². The van der Waals surface area contributed by atoms with Crippen molar-refractivity contribution in [2.45, 2.75) is 31.9 Å². The second-order valence-corrected chi connectivity index (χ2v) is 7.79. The van der Waals surface area contributed by atoms with Crippen molar-refractivity contribution in [3.8, 4) is 17.1 Å². The van der Waals surface area contributed by atoms with Crippen LogP contribution in [0.5, 0.6) is 5.75 Å². The number of nitrogens with zero attached hydrogens (tertiary/aromatic N) is 4. The predicted molar refractivity (Wildman–Crippen MR) is 120 cm³/mol. The van der Waals surface area contributed by atoms with E-state index in [0.29, 0.717) is 41.5 Å². The average Bonchev–Trinajstić information content (AvgIpc) is 3.19. The van der Waals surface area contributed by atoms with Crippen LogP contribution in [0.4, 0.5) is 5.95 Å². The number of aliphatic hydroxyl groups is 1. The molecule has 1 aliphatic rings. The standard InChI is InChI=1S/C23H24N6O3/c1-32-16-10-8-14(9-11-16)20-27-21-17-6-4-5-15(13-30)19(17)26-23(29(21)28-20)25-18-7-2-3-12-24-22(18)31/h4-6,8-11,18,30H,2-3,7,12-13H2,1H3,(H,24,31)(H,25,26)/t18-/m1/s1. The molecule has 9 nitrogen and oxygen atoms in total. The highest BCUT2D eigenvalue weighted by Crippen LogP contribution is 2.27. The Bertz CT molecular complexity index is 1280. The molecule has 164 valence electrons. The summed E-state index contributed by atoms with van der Waals surface area (Å²) in [5.41, 5.74) is 2.76. The third-order valence-corrected chi connectivity index (χ3v) is 5.74.